The third kappa shape index (κ3) is 3.75. The van der Waals surface area contributed by atoms with Crippen molar-refractivity contribution in [1.82, 2.24) is 15.3 Å². The molecule has 7 heteroatoms. The lowest BCUT2D eigenvalue weighted by Crippen LogP contribution is -2.45. The molecule has 146 valence electrons. The maximum absolute atomic E-state index is 12.3. The predicted octanol–water partition coefficient (Wildman–Crippen LogP) is 4.82. The van der Waals surface area contributed by atoms with Gasteiger partial charge in [-0.2, -0.15) is 22.7 Å². The van der Waals surface area contributed by atoms with Gasteiger partial charge >= 0.3 is 0 Å². The molecule has 1 aromatic carbocycles. The highest BCUT2D eigenvalue weighted by molar-refractivity contribution is 7.08. The van der Waals surface area contributed by atoms with Crippen LogP contribution >= 0.6 is 22.7 Å². The van der Waals surface area contributed by atoms with Gasteiger partial charge in [0.25, 0.3) is 5.91 Å². The Morgan fingerprint density at radius 1 is 1.00 bits per heavy atom. The molecule has 3 aromatic heterocycles. The summed E-state index contributed by atoms with van der Waals surface area (Å²) >= 11 is 3.20. The first-order chi connectivity index (χ1) is 14.3. The van der Waals surface area contributed by atoms with Gasteiger partial charge in [0.15, 0.2) is 5.82 Å². The molecule has 0 aliphatic carbocycles. The van der Waals surface area contributed by atoms with E-state index in [4.69, 9.17) is 9.97 Å². The van der Waals surface area contributed by atoms with Crippen molar-refractivity contribution in [3.63, 3.8) is 0 Å². The minimum atomic E-state index is 0.0249. The number of hydrogen-bond donors (Lipinski definition) is 1. The van der Waals surface area contributed by atoms with Crippen LogP contribution in [0.3, 0.4) is 0 Å². The van der Waals surface area contributed by atoms with Crippen molar-refractivity contribution >= 4 is 45.3 Å². The van der Waals surface area contributed by atoms with Crippen LogP contribution in [0.2, 0.25) is 0 Å². The molecule has 1 saturated heterocycles. The van der Waals surface area contributed by atoms with Crippen LogP contribution < -0.4 is 10.2 Å². The van der Waals surface area contributed by atoms with E-state index >= 15 is 0 Å². The van der Waals surface area contributed by atoms with Crippen molar-refractivity contribution in [3.05, 3.63) is 63.5 Å². The van der Waals surface area contributed by atoms with Gasteiger partial charge in [-0.3, -0.25) is 4.79 Å². The van der Waals surface area contributed by atoms with Crippen LogP contribution in [0.15, 0.2) is 57.9 Å². The van der Waals surface area contributed by atoms with E-state index in [1.165, 1.54) is 0 Å². The van der Waals surface area contributed by atoms with Gasteiger partial charge in [-0.1, -0.05) is 12.1 Å². The van der Waals surface area contributed by atoms with Gasteiger partial charge < -0.3 is 10.2 Å². The number of benzene rings is 1. The summed E-state index contributed by atoms with van der Waals surface area (Å²) in [6.45, 7) is 1.72. The number of thiophene rings is 2. The zero-order chi connectivity index (χ0) is 19.6. The summed E-state index contributed by atoms with van der Waals surface area (Å²) in [5.41, 5.74) is 2.77. The molecule has 1 N–H and O–H groups in total. The van der Waals surface area contributed by atoms with Crippen LogP contribution in [0.1, 0.15) is 23.2 Å². The van der Waals surface area contributed by atoms with Gasteiger partial charge in [0.1, 0.15) is 5.82 Å². The third-order valence-corrected chi connectivity index (χ3v) is 6.64. The SMILES string of the molecule is O=C(NC1CCN(c2nc(-c3ccsc3)nc3ccccc23)CC1)c1ccsc1. The van der Waals surface area contributed by atoms with E-state index in [9.17, 15) is 4.79 Å². The standard InChI is InChI=1S/C22H20N4OS2/c27-22(16-8-12-29-14-16)23-17-5-9-26(10-6-17)21-18-3-1-2-4-19(18)24-20(25-21)15-7-11-28-13-15/h1-4,7-8,11-14,17H,5-6,9-10H2,(H,23,27). The van der Waals surface area contributed by atoms with Gasteiger partial charge in [-0.15, -0.1) is 0 Å². The third-order valence-electron chi connectivity index (χ3n) is 5.28. The topological polar surface area (TPSA) is 58.1 Å². The first-order valence-corrected chi connectivity index (χ1v) is 11.5. The van der Waals surface area contributed by atoms with Gasteiger partial charge in [0, 0.05) is 46.4 Å². The second-order valence-electron chi connectivity index (χ2n) is 7.15. The summed E-state index contributed by atoms with van der Waals surface area (Å²) in [6, 6.07) is 12.3. The zero-order valence-corrected chi connectivity index (χ0v) is 17.4. The van der Waals surface area contributed by atoms with Crippen LogP contribution in [0.25, 0.3) is 22.3 Å². The minimum Gasteiger partial charge on any atom is -0.356 e. The number of carbonyl (C=O) groups is 1. The van der Waals surface area contributed by atoms with Crippen LogP contribution in [-0.4, -0.2) is 35.0 Å². The van der Waals surface area contributed by atoms with E-state index in [0.29, 0.717) is 0 Å². The van der Waals surface area contributed by atoms with Crippen molar-refractivity contribution < 1.29 is 4.79 Å². The Morgan fingerprint density at radius 3 is 2.55 bits per heavy atom. The molecule has 1 fully saturated rings. The number of carbonyl (C=O) groups excluding carboxylic acids is 1. The van der Waals surface area contributed by atoms with Crippen LogP contribution in [0, 0.1) is 0 Å². The van der Waals surface area contributed by atoms with Gasteiger partial charge in [0.05, 0.1) is 5.52 Å². The van der Waals surface area contributed by atoms with E-state index in [2.05, 4.69) is 33.1 Å². The summed E-state index contributed by atoms with van der Waals surface area (Å²) in [5.74, 6) is 1.78. The lowest BCUT2D eigenvalue weighted by atomic mass is 10.0. The second kappa shape index (κ2) is 7.93. The number of amides is 1. The van der Waals surface area contributed by atoms with Crippen LogP contribution in [0.4, 0.5) is 5.82 Å². The molecule has 5 nitrogen and oxygen atoms in total. The highest BCUT2D eigenvalue weighted by Gasteiger charge is 2.24. The first-order valence-electron chi connectivity index (χ1n) is 9.65. The minimum absolute atomic E-state index is 0.0249. The number of nitrogens with one attached hydrogen (secondary N) is 1. The van der Waals surface area contributed by atoms with Crippen LogP contribution in [0.5, 0.6) is 0 Å². The number of rotatable bonds is 4. The van der Waals surface area contributed by atoms with Crippen molar-refractivity contribution in [2.45, 2.75) is 18.9 Å². The number of para-hydroxylation sites is 1. The molecule has 5 rings (SSSR count). The number of hydrogen-bond acceptors (Lipinski definition) is 6. The van der Waals surface area contributed by atoms with Gasteiger partial charge in [-0.05, 0) is 47.9 Å². The lowest BCUT2D eigenvalue weighted by molar-refractivity contribution is 0.0931. The molecule has 4 heterocycles. The van der Waals surface area contributed by atoms with E-state index < -0.39 is 0 Å². The number of piperidine rings is 1. The average Bonchev–Trinajstić information content (AvgIpc) is 3.48. The molecule has 0 bridgehead atoms. The maximum Gasteiger partial charge on any atom is 0.252 e. The Balaban J connectivity index is 1.37. The molecule has 0 atom stereocenters. The Morgan fingerprint density at radius 2 is 1.79 bits per heavy atom. The molecule has 1 amide bonds. The summed E-state index contributed by atoms with van der Waals surface area (Å²) in [7, 11) is 0. The van der Waals surface area contributed by atoms with Crippen molar-refractivity contribution in [3.8, 4) is 11.4 Å². The van der Waals surface area contributed by atoms with E-state index in [1.807, 2.05) is 35.0 Å². The second-order valence-corrected chi connectivity index (χ2v) is 8.71. The number of anilines is 1. The fourth-order valence-electron chi connectivity index (χ4n) is 3.72. The van der Waals surface area contributed by atoms with Crippen molar-refractivity contribution in [1.29, 1.82) is 0 Å². The Labute approximate surface area is 177 Å². The molecular formula is C22H20N4OS2. The van der Waals surface area contributed by atoms with Gasteiger partial charge in [0.2, 0.25) is 0 Å². The van der Waals surface area contributed by atoms with E-state index in [1.54, 1.807) is 22.7 Å². The number of aromatic nitrogens is 2. The molecule has 29 heavy (non-hydrogen) atoms. The maximum atomic E-state index is 12.3. The molecule has 0 spiro atoms. The highest BCUT2D eigenvalue weighted by atomic mass is 32.1. The van der Waals surface area contributed by atoms with Crippen molar-refractivity contribution in [2.75, 3.05) is 18.0 Å². The quantitative estimate of drug-likeness (QED) is 0.514. The molecule has 1 aliphatic rings. The predicted molar refractivity (Wildman–Crippen MR) is 120 cm³/mol. The Kier molecular flexibility index (Phi) is 4.99. The summed E-state index contributed by atoms with van der Waals surface area (Å²) in [5, 5.41) is 12.2. The number of nitrogens with zero attached hydrogens (tertiary/aromatic N) is 3. The fraction of sp³-hybridized carbons (Fsp3) is 0.227. The zero-order valence-electron chi connectivity index (χ0n) is 15.7. The molecule has 1 aliphatic heterocycles. The Hall–Kier alpha value is -2.77. The normalized spacial score (nSPS) is 15.0. The molecule has 0 saturated carbocycles. The molecule has 0 unspecified atom stereocenters. The van der Waals surface area contributed by atoms with Crippen molar-refractivity contribution in [2.24, 2.45) is 0 Å². The van der Waals surface area contributed by atoms with Crippen LogP contribution in [-0.2, 0) is 0 Å². The lowest BCUT2D eigenvalue weighted by Gasteiger charge is -2.33. The Bertz CT molecular complexity index is 1120. The van der Waals surface area contributed by atoms with E-state index in [-0.39, 0.29) is 11.9 Å². The molecule has 4 aromatic rings. The summed E-state index contributed by atoms with van der Waals surface area (Å²) < 4.78 is 0. The van der Waals surface area contributed by atoms with Gasteiger partial charge in [-0.25, -0.2) is 9.97 Å². The molecular weight excluding hydrogens is 400 g/mol. The first kappa shape index (κ1) is 18.3. The monoisotopic (exact) mass is 420 g/mol. The number of fused-ring (bicyclic) bond motifs is 1. The van der Waals surface area contributed by atoms with E-state index in [0.717, 1.165) is 59.6 Å². The highest BCUT2D eigenvalue weighted by Crippen LogP contribution is 2.30. The summed E-state index contributed by atoms with van der Waals surface area (Å²) in [6.07, 6.45) is 1.81. The fourth-order valence-corrected chi connectivity index (χ4v) is 4.99. The largest absolute Gasteiger partial charge is 0.356 e. The average molecular weight is 421 g/mol. The summed E-state index contributed by atoms with van der Waals surface area (Å²) in [4.78, 5) is 24.4. The molecule has 0 radical (unpaired) electrons. The smallest absolute Gasteiger partial charge is 0.252 e.